The van der Waals surface area contributed by atoms with Crippen molar-refractivity contribution in [2.24, 2.45) is 0 Å². The third-order valence-corrected chi connectivity index (χ3v) is 2.78. The summed E-state index contributed by atoms with van der Waals surface area (Å²) in [5, 5.41) is 11.1. The Kier molecular flexibility index (Phi) is 7.39. The number of unbranched alkanes of at least 4 members (excludes halogenated alkanes) is 2. The number of carboxylic acids is 1. The van der Waals surface area contributed by atoms with Crippen LogP contribution in [0.15, 0.2) is 23.8 Å². The number of alkyl carbamates (subject to hydrolysis) is 1. The minimum absolute atomic E-state index is 0.185. The van der Waals surface area contributed by atoms with E-state index in [0.29, 0.717) is 19.6 Å². The fraction of sp³-hybridized carbons (Fsp3) is 0.571. The summed E-state index contributed by atoms with van der Waals surface area (Å²) in [5.41, 5.74) is 1.03. The fourth-order valence-electron chi connectivity index (χ4n) is 1.74. The summed E-state index contributed by atoms with van der Waals surface area (Å²) in [7, 11) is 0. The highest BCUT2D eigenvalue weighted by Crippen LogP contribution is 2.09. The lowest BCUT2D eigenvalue weighted by atomic mass is 10.1. The van der Waals surface area contributed by atoms with E-state index in [4.69, 9.17) is 9.84 Å². The van der Waals surface area contributed by atoms with Gasteiger partial charge in [0.15, 0.2) is 0 Å². The minimum Gasteiger partial charge on any atom is -0.481 e. The molecule has 0 aromatic carbocycles. The number of rotatable bonds is 8. The van der Waals surface area contributed by atoms with Crippen LogP contribution in [0.25, 0.3) is 0 Å². The van der Waals surface area contributed by atoms with Crippen molar-refractivity contribution in [3.05, 3.63) is 23.8 Å². The van der Waals surface area contributed by atoms with E-state index in [1.54, 1.807) is 0 Å². The molecular weight excluding hydrogens is 246 g/mol. The summed E-state index contributed by atoms with van der Waals surface area (Å²) in [6, 6.07) is 0. The first-order chi connectivity index (χ1) is 9.18. The van der Waals surface area contributed by atoms with E-state index >= 15 is 0 Å². The van der Waals surface area contributed by atoms with Crippen molar-refractivity contribution in [1.82, 2.24) is 5.32 Å². The molecule has 2 N–H and O–H groups in total. The Labute approximate surface area is 113 Å². The van der Waals surface area contributed by atoms with Gasteiger partial charge in [-0.25, -0.2) is 4.79 Å². The summed E-state index contributed by atoms with van der Waals surface area (Å²) >= 11 is 0. The molecule has 0 saturated carbocycles. The molecule has 0 fully saturated rings. The molecule has 0 aromatic heterocycles. The highest BCUT2D eigenvalue weighted by atomic mass is 16.5. The molecule has 5 heteroatoms. The maximum Gasteiger partial charge on any atom is 0.407 e. The Balaban J connectivity index is 1.97. The van der Waals surface area contributed by atoms with Crippen molar-refractivity contribution in [2.45, 2.75) is 38.5 Å². The van der Waals surface area contributed by atoms with Gasteiger partial charge in [0.05, 0.1) is 0 Å². The zero-order valence-corrected chi connectivity index (χ0v) is 11.1. The molecule has 0 radical (unpaired) electrons. The van der Waals surface area contributed by atoms with E-state index < -0.39 is 12.1 Å². The first kappa shape index (κ1) is 15.3. The fourth-order valence-corrected chi connectivity index (χ4v) is 1.74. The Morgan fingerprint density at radius 1 is 1.26 bits per heavy atom. The lowest BCUT2D eigenvalue weighted by Crippen LogP contribution is -2.26. The molecule has 0 bridgehead atoms. The monoisotopic (exact) mass is 267 g/mol. The number of hydrogen-bond acceptors (Lipinski definition) is 3. The van der Waals surface area contributed by atoms with E-state index in [1.165, 1.54) is 0 Å². The first-order valence-electron chi connectivity index (χ1n) is 6.66. The summed E-state index contributed by atoms with van der Waals surface area (Å²) in [6.45, 7) is 0.828. The van der Waals surface area contributed by atoms with Crippen LogP contribution in [0.4, 0.5) is 4.79 Å². The van der Waals surface area contributed by atoms with E-state index in [2.05, 4.69) is 17.5 Å². The molecule has 1 amide bonds. The highest BCUT2D eigenvalue weighted by molar-refractivity contribution is 5.67. The van der Waals surface area contributed by atoms with Gasteiger partial charge in [-0.05, 0) is 31.3 Å². The van der Waals surface area contributed by atoms with Crippen LogP contribution < -0.4 is 5.32 Å². The number of carboxylic acid groups (broad SMARTS) is 1. The van der Waals surface area contributed by atoms with Gasteiger partial charge in [-0.3, -0.25) is 4.79 Å². The van der Waals surface area contributed by atoms with E-state index in [-0.39, 0.29) is 6.42 Å². The predicted molar refractivity (Wildman–Crippen MR) is 71.9 cm³/mol. The van der Waals surface area contributed by atoms with E-state index in [0.717, 1.165) is 31.3 Å². The number of allylic oxidation sites excluding steroid dienone is 2. The third kappa shape index (κ3) is 8.02. The smallest absolute Gasteiger partial charge is 0.407 e. The van der Waals surface area contributed by atoms with Gasteiger partial charge < -0.3 is 15.2 Å². The van der Waals surface area contributed by atoms with Crippen LogP contribution in [0.2, 0.25) is 0 Å². The second-order valence-electron chi connectivity index (χ2n) is 4.47. The molecule has 0 aliphatic heterocycles. The van der Waals surface area contributed by atoms with E-state index in [1.807, 2.05) is 6.08 Å². The molecule has 5 nitrogen and oxygen atoms in total. The van der Waals surface area contributed by atoms with Crippen molar-refractivity contribution in [2.75, 3.05) is 13.2 Å². The molecule has 106 valence electrons. The van der Waals surface area contributed by atoms with Gasteiger partial charge in [-0.2, -0.15) is 0 Å². The average molecular weight is 267 g/mol. The van der Waals surface area contributed by atoms with Crippen LogP contribution >= 0.6 is 0 Å². The van der Waals surface area contributed by atoms with Crippen molar-refractivity contribution in [3.8, 4) is 0 Å². The third-order valence-electron chi connectivity index (χ3n) is 2.78. The molecule has 0 saturated heterocycles. The van der Waals surface area contributed by atoms with Crippen LogP contribution in [0, 0.1) is 0 Å². The molecule has 0 heterocycles. The zero-order chi connectivity index (χ0) is 13.9. The largest absolute Gasteiger partial charge is 0.481 e. The molecule has 0 aromatic rings. The standard InChI is InChI=1S/C14H21NO4/c16-13(17)9-5-2-6-10-15-14(18)19-11-12-7-3-1-4-8-12/h3,7-8H,1-2,4-6,9-11H2,(H,15,18)(H,16,17). The number of carbonyl (C=O) groups excluding carboxylic acids is 1. The van der Waals surface area contributed by atoms with Crippen LogP contribution in [-0.4, -0.2) is 30.3 Å². The van der Waals surface area contributed by atoms with Crippen molar-refractivity contribution in [1.29, 1.82) is 0 Å². The Morgan fingerprint density at radius 3 is 2.79 bits per heavy atom. The SMILES string of the molecule is O=C(O)CCCCCNC(=O)OCC1=CCCC=C1. The molecule has 0 unspecified atom stereocenters. The summed E-state index contributed by atoms with van der Waals surface area (Å²) in [5.74, 6) is -0.777. The topological polar surface area (TPSA) is 75.6 Å². The van der Waals surface area contributed by atoms with Gasteiger partial charge in [0.25, 0.3) is 0 Å². The molecule has 1 aliphatic rings. The quantitative estimate of drug-likeness (QED) is 0.663. The number of aliphatic carboxylic acids is 1. The summed E-state index contributed by atoms with van der Waals surface area (Å²) in [4.78, 5) is 21.6. The van der Waals surface area contributed by atoms with Crippen LogP contribution in [0.3, 0.4) is 0 Å². The molecule has 1 rings (SSSR count). The minimum atomic E-state index is -0.777. The number of hydrogen-bond donors (Lipinski definition) is 2. The maximum atomic E-state index is 11.3. The number of ether oxygens (including phenoxy) is 1. The summed E-state index contributed by atoms with van der Waals surface area (Å²) in [6.07, 6.45) is 10.1. The molecule has 1 aliphatic carbocycles. The maximum absolute atomic E-state index is 11.3. The first-order valence-corrected chi connectivity index (χ1v) is 6.66. The van der Waals surface area contributed by atoms with Gasteiger partial charge in [-0.1, -0.05) is 24.6 Å². The van der Waals surface area contributed by atoms with Gasteiger partial charge in [0, 0.05) is 13.0 Å². The normalized spacial score (nSPS) is 13.8. The molecule has 0 atom stereocenters. The zero-order valence-electron chi connectivity index (χ0n) is 11.1. The second kappa shape index (κ2) is 9.19. The van der Waals surface area contributed by atoms with Crippen molar-refractivity contribution >= 4 is 12.1 Å². The lowest BCUT2D eigenvalue weighted by Gasteiger charge is -2.09. The predicted octanol–water partition coefficient (Wildman–Crippen LogP) is 2.63. The molecule has 19 heavy (non-hydrogen) atoms. The number of carbonyl (C=O) groups is 2. The number of amides is 1. The average Bonchev–Trinajstić information content (AvgIpc) is 2.41. The van der Waals surface area contributed by atoms with E-state index in [9.17, 15) is 9.59 Å². The Hall–Kier alpha value is -1.78. The highest BCUT2D eigenvalue weighted by Gasteiger charge is 2.04. The van der Waals surface area contributed by atoms with Gasteiger partial charge in [-0.15, -0.1) is 0 Å². The van der Waals surface area contributed by atoms with Crippen molar-refractivity contribution in [3.63, 3.8) is 0 Å². The molecule has 0 spiro atoms. The van der Waals surface area contributed by atoms with Crippen LogP contribution in [0.1, 0.15) is 38.5 Å². The van der Waals surface area contributed by atoms with Gasteiger partial charge in [0.2, 0.25) is 0 Å². The summed E-state index contributed by atoms with van der Waals surface area (Å²) < 4.78 is 5.06. The Bertz CT molecular complexity index is 360. The van der Waals surface area contributed by atoms with Crippen LogP contribution in [-0.2, 0) is 9.53 Å². The van der Waals surface area contributed by atoms with Crippen LogP contribution in [0.5, 0.6) is 0 Å². The van der Waals surface area contributed by atoms with Crippen molar-refractivity contribution < 1.29 is 19.4 Å². The van der Waals surface area contributed by atoms with Gasteiger partial charge >= 0.3 is 12.1 Å². The second-order valence-corrected chi connectivity index (χ2v) is 4.47. The Morgan fingerprint density at radius 2 is 2.11 bits per heavy atom. The van der Waals surface area contributed by atoms with Gasteiger partial charge in [0.1, 0.15) is 6.61 Å². The number of nitrogens with one attached hydrogen (secondary N) is 1. The molecular formula is C14H21NO4. The lowest BCUT2D eigenvalue weighted by molar-refractivity contribution is -0.137.